The van der Waals surface area contributed by atoms with Crippen molar-refractivity contribution < 1.29 is 4.79 Å². The van der Waals surface area contributed by atoms with Gasteiger partial charge in [-0.1, -0.05) is 48.2 Å². The highest BCUT2D eigenvalue weighted by Crippen LogP contribution is 2.40. The largest absolute Gasteiger partial charge is 0.328 e. The Hall–Kier alpha value is -2.34. The lowest BCUT2D eigenvalue weighted by Crippen LogP contribution is -2.31. The van der Waals surface area contributed by atoms with Crippen LogP contribution in [0.15, 0.2) is 59.4 Å². The van der Waals surface area contributed by atoms with Crippen LogP contribution in [0.2, 0.25) is 0 Å². The first-order chi connectivity index (χ1) is 11.8. The molecule has 2 aliphatic rings. The van der Waals surface area contributed by atoms with Gasteiger partial charge in [0.2, 0.25) is 11.1 Å². The van der Waals surface area contributed by atoms with E-state index in [1.54, 1.807) is 11.8 Å². The molecular formula is C18H18N4OS. The van der Waals surface area contributed by atoms with Crippen LogP contribution in [-0.4, -0.2) is 26.3 Å². The van der Waals surface area contributed by atoms with Crippen LogP contribution in [-0.2, 0) is 4.79 Å². The molecule has 0 bridgehead atoms. The van der Waals surface area contributed by atoms with E-state index < -0.39 is 0 Å². The van der Waals surface area contributed by atoms with Crippen molar-refractivity contribution in [3.8, 4) is 0 Å². The molecule has 122 valence electrons. The molecule has 1 aromatic carbocycles. The van der Waals surface area contributed by atoms with Crippen molar-refractivity contribution in [2.45, 2.75) is 30.5 Å². The standard InChI is InChI=1S/C18H18N4OS/c1-2-11-24-18-20-17-19-13-9-6-10-14(23)15(13)16(22(17)21-18)12-7-4-3-5-8-12/h2-5,7-8,16H,1,6,9-11H2,(H,19,20,21)/t16-/m1/s1. The molecule has 5 nitrogen and oxygen atoms in total. The fraction of sp³-hybridized carbons (Fsp3) is 0.278. The van der Waals surface area contributed by atoms with Gasteiger partial charge in [0.05, 0.1) is 0 Å². The van der Waals surface area contributed by atoms with Crippen LogP contribution >= 0.6 is 11.8 Å². The Morgan fingerprint density at radius 2 is 2.17 bits per heavy atom. The summed E-state index contributed by atoms with van der Waals surface area (Å²) in [7, 11) is 0. The van der Waals surface area contributed by atoms with Crippen LogP contribution in [0.1, 0.15) is 30.9 Å². The molecular weight excluding hydrogens is 320 g/mol. The zero-order valence-corrected chi connectivity index (χ0v) is 14.1. The molecule has 1 atom stereocenters. The maximum Gasteiger partial charge on any atom is 0.227 e. The third kappa shape index (κ3) is 2.57. The van der Waals surface area contributed by atoms with Gasteiger partial charge in [-0.3, -0.25) is 4.79 Å². The van der Waals surface area contributed by atoms with E-state index in [2.05, 4.69) is 22.0 Å². The number of hydrogen-bond acceptors (Lipinski definition) is 5. The number of fused-ring (bicyclic) bond motifs is 1. The van der Waals surface area contributed by atoms with Crippen LogP contribution in [0.4, 0.5) is 5.95 Å². The Morgan fingerprint density at radius 3 is 2.96 bits per heavy atom. The Balaban J connectivity index is 1.83. The Labute approximate surface area is 144 Å². The highest BCUT2D eigenvalue weighted by Gasteiger charge is 2.36. The molecule has 1 aliphatic carbocycles. The van der Waals surface area contributed by atoms with Crippen molar-refractivity contribution in [1.82, 2.24) is 14.8 Å². The van der Waals surface area contributed by atoms with Crippen molar-refractivity contribution in [3.63, 3.8) is 0 Å². The molecule has 0 amide bonds. The predicted molar refractivity (Wildman–Crippen MR) is 95.0 cm³/mol. The maximum atomic E-state index is 12.6. The second-order valence-corrected chi connectivity index (χ2v) is 6.86. The van der Waals surface area contributed by atoms with Crippen LogP contribution in [0.3, 0.4) is 0 Å². The van der Waals surface area contributed by atoms with Gasteiger partial charge in [-0.15, -0.1) is 11.7 Å². The normalized spacial score (nSPS) is 19.5. The minimum absolute atomic E-state index is 0.198. The fourth-order valence-corrected chi connectivity index (χ4v) is 3.84. The monoisotopic (exact) mass is 338 g/mol. The number of carbonyl (C=O) groups is 1. The van der Waals surface area contributed by atoms with Crippen LogP contribution < -0.4 is 5.32 Å². The first-order valence-corrected chi connectivity index (χ1v) is 9.05. The Bertz CT molecular complexity index is 825. The number of Topliss-reactive ketones (excluding diaryl/α,β-unsaturated/α-hetero) is 1. The van der Waals surface area contributed by atoms with E-state index in [9.17, 15) is 4.79 Å². The number of anilines is 1. The molecule has 2 aromatic rings. The second-order valence-electron chi connectivity index (χ2n) is 5.87. The summed E-state index contributed by atoms with van der Waals surface area (Å²) in [6.07, 6.45) is 4.20. The second kappa shape index (κ2) is 6.28. The number of carbonyl (C=O) groups excluding carboxylic acids is 1. The van der Waals surface area contributed by atoms with Crippen LogP contribution in [0.25, 0.3) is 0 Å². The number of benzene rings is 1. The van der Waals surface area contributed by atoms with Crippen molar-refractivity contribution in [1.29, 1.82) is 0 Å². The number of ketones is 1. The lowest BCUT2D eigenvalue weighted by atomic mass is 9.85. The number of hydrogen-bond donors (Lipinski definition) is 1. The molecule has 1 aromatic heterocycles. The van der Waals surface area contributed by atoms with Crippen molar-refractivity contribution in [2.75, 3.05) is 11.1 Å². The molecule has 2 heterocycles. The third-order valence-electron chi connectivity index (χ3n) is 4.29. The van der Waals surface area contributed by atoms with E-state index in [0.717, 1.165) is 35.4 Å². The minimum Gasteiger partial charge on any atom is -0.328 e. The van der Waals surface area contributed by atoms with Gasteiger partial charge >= 0.3 is 0 Å². The topological polar surface area (TPSA) is 59.8 Å². The number of nitrogens with one attached hydrogen (secondary N) is 1. The molecule has 1 N–H and O–H groups in total. The first-order valence-electron chi connectivity index (χ1n) is 8.06. The lowest BCUT2D eigenvalue weighted by molar-refractivity contribution is -0.116. The summed E-state index contributed by atoms with van der Waals surface area (Å²) in [5.74, 6) is 1.67. The van der Waals surface area contributed by atoms with Gasteiger partial charge in [0.1, 0.15) is 6.04 Å². The van der Waals surface area contributed by atoms with Crippen molar-refractivity contribution in [3.05, 3.63) is 59.8 Å². The minimum atomic E-state index is -0.198. The summed E-state index contributed by atoms with van der Waals surface area (Å²) in [4.78, 5) is 17.2. The van der Waals surface area contributed by atoms with Gasteiger partial charge in [-0.25, -0.2) is 4.68 Å². The molecule has 0 unspecified atom stereocenters. The molecule has 1 aliphatic heterocycles. The summed E-state index contributed by atoms with van der Waals surface area (Å²) in [5.41, 5.74) is 2.90. The predicted octanol–water partition coefficient (Wildman–Crippen LogP) is 3.58. The van der Waals surface area contributed by atoms with Gasteiger partial charge < -0.3 is 5.32 Å². The van der Waals surface area contributed by atoms with Crippen LogP contribution in [0.5, 0.6) is 0 Å². The SMILES string of the molecule is C=CCSc1nc2n(n1)[C@H](c1ccccc1)C1=C(CCCC1=O)N2. The van der Waals surface area contributed by atoms with Crippen molar-refractivity contribution >= 4 is 23.5 Å². The highest BCUT2D eigenvalue weighted by molar-refractivity contribution is 7.99. The molecule has 24 heavy (non-hydrogen) atoms. The number of nitrogens with zero attached hydrogens (tertiary/aromatic N) is 3. The lowest BCUT2D eigenvalue weighted by Gasteiger charge is -2.32. The Kier molecular flexibility index (Phi) is 3.98. The average Bonchev–Trinajstić information content (AvgIpc) is 3.01. The molecule has 0 spiro atoms. The molecule has 4 rings (SSSR count). The summed E-state index contributed by atoms with van der Waals surface area (Å²) < 4.78 is 1.85. The zero-order chi connectivity index (χ0) is 16.5. The summed E-state index contributed by atoms with van der Waals surface area (Å²) in [6, 6.07) is 9.87. The number of aromatic nitrogens is 3. The van der Waals surface area contributed by atoms with Gasteiger partial charge in [-0.2, -0.15) is 4.98 Å². The van der Waals surface area contributed by atoms with Crippen molar-refractivity contribution in [2.24, 2.45) is 0 Å². The van der Waals surface area contributed by atoms with E-state index in [1.165, 1.54) is 0 Å². The first kappa shape index (κ1) is 15.2. The van der Waals surface area contributed by atoms with E-state index in [1.807, 2.05) is 41.1 Å². The number of rotatable bonds is 4. The van der Waals surface area contributed by atoms with Gasteiger partial charge in [-0.05, 0) is 18.4 Å². The van der Waals surface area contributed by atoms with E-state index >= 15 is 0 Å². The van der Waals surface area contributed by atoms with Gasteiger partial charge in [0.25, 0.3) is 0 Å². The highest BCUT2D eigenvalue weighted by atomic mass is 32.2. The molecule has 0 fully saturated rings. The molecule has 0 radical (unpaired) electrons. The maximum absolute atomic E-state index is 12.6. The molecule has 0 saturated heterocycles. The molecule has 6 heteroatoms. The fourth-order valence-electron chi connectivity index (χ4n) is 3.27. The van der Waals surface area contributed by atoms with Gasteiger partial charge in [0.15, 0.2) is 5.78 Å². The zero-order valence-electron chi connectivity index (χ0n) is 13.2. The third-order valence-corrected chi connectivity index (χ3v) is 5.13. The van der Waals surface area contributed by atoms with E-state index in [-0.39, 0.29) is 11.8 Å². The summed E-state index contributed by atoms with van der Waals surface area (Å²) in [5, 5.41) is 8.68. The average molecular weight is 338 g/mol. The van der Waals surface area contributed by atoms with E-state index in [4.69, 9.17) is 0 Å². The van der Waals surface area contributed by atoms with Crippen LogP contribution in [0, 0.1) is 0 Å². The summed E-state index contributed by atoms with van der Waals surface area (Å²) in [6.45, 7) is 3.74. The summed E-state index contributed by atoms with van der Waals surface area (Å²) >= 11 is 1.54. The smallest absolute Gasteiger partial charge is 0.227 e. The Morgan fingerprint density at radius 1 is 1.33 bits per heavy atom. The van der Waals surface area contributed by atoms with Gasteiger partial charge in [0, 0.05) is 23.4 Å². The molecule has 0 saturated carbocycles. The quantitative estimate of drug-likeness (QED) is 0.682. The number of allylic oxidation sites excluding steroid dienone is 2. The van der Waals surface area contributed by atoms with E-state index in [0.29, 0.717) is 17.5 Å². The number of thioether (sulfide) groups is 1.